The first kappa shape index (κ1) is 11.0. The molecule has 0 radical (unpaired) electrons. The molecule has 0 aliphatic carbocycles. The molecular weight excluding hydrogens is 228 g/mol. The van der Waals surface area contributed by atoms with E-state index in [1.165, 1.54) is 0 Å². The number of nitrogens with zero attached hydrogens (tertiary/aromatic N) is 2. The first-order chi connectivity index (χ1) is 8.78. The third-order valence-corrected chi connectivity index (χ3v) is 3.18. The molecule has 18 heavy (non-hydrogen) atoms. The highest BCUT2D eigenvalue weighted by molar-refractivity contribution is 5.99. The van der Waals surface area contributed by atoms with Crippen molar-refractivity contribution >= 4 is 5.78 Å². The van der Waals surface area contributed by atoms with Crippen molar-refractivity contribution in [2.75, 3.05) is 0 Å². The second-order valence-electron chi connectivity index (χ2n) is 4.37. The summed E-state index contributed by atoms with van der Waals surface area (Å²) in [5, 5.41) is 4.12. The molecular formula is C14H14N2O2. The van der Waals surface area contributed by atoms with Gasteiger partial charge >= 0.3 is 0 Å². The molecule has 0 spiro atoms. The number of ether oxygens (including phenoxy) is 1. The van der Waals surface area contributed by atoms with E-state index in [4.69, 9.17) is 4.74 Å². The van der Waals surface area contributed by atoms with Crippen LogP contribution in [0, 0.1) is 0 Å². The molecule has 1 aliphatic heterocycles. The Hall–Kier alpha value is -2.10. The number of benzene rings is 1. The van der Waals surface area contributed by atoms with Crippen molar-refractivity contribution in [1.82, 2.24) is 9.78 Å². The Morgan fingerprint density at radius 1 is 1.50 bits per heavy atom. The molecule has 1 atom stereocenters. The quantitative estimate of drug-likeness (QED) is 0.774. The number of aromatic nitrogens is 2. The predicted octanol–water partition coefficient (Wildman–Crippen LogP) is 2.09. The Kier molecular flexibility index (Phi) is 2.63. The molecule has 1 unspecified atom stereocenters. The zero-order chi connectivity index (χ0) is 12.5. The minimum Gasteiger partial charge on any atom is -0.482 e. The monoisotopic (exact) mass is 242 g/mol. The van der Waals surface area contributed by atoms with Crippen LogP contribution in [-0.2, 0) is 13.0 Å². The Bertz CT molecular complexity index is 564. The van der Waals surface area contributed by atoms with Gasteiger partial charge in [-0.3, -0.25) is 9.48 Å². The molecule has 2 aromatic rings. The van der Waals surface area contributed by atoms with Crippen LogP contribution in [0.15, 0.2) is 36.7 Å². The molecule has 0 N–H and O–H groups in total. The second kappa shape index (κ2) is 4.29. The third-order valence-electron chi connectivity index (χ3n) is 3.18. The summed E-state index contributed by atoms with van der Waals surface area (Å²) in [5.74, 6) is 0.824. The zero-order valence-electron chi connectivity index (χ0n) is 10.2. The minimum absolute atomic E-state index is 0.00546. The van der Waals surface area contributed by atoms with E-state index in [0.29, 0.717) is 12.0 Å². The Labute approximate surface area is 105 Å². The highest BCUT2D eigenvalue weighted by Crippen LogP contribution is 2.29. The maximum absolute atomic E-state index is 12.3. The number of Topliss-reactive ketones (excluding diaryl/α,β-unsaturated/α-hetero) is 1. The van der Waals surface area contributed by atoms with E-state index in [1.807, 2.05) is 31.2 Å². The van der Waals surface area contributed by atoms with Gasteiger partial charge in [-0.1, -0.05) is 18.2 Å². The van der Waals surface area contributed by atoms with Crippen molar-refractivity contribution in [1.29, 1.82) is 0 Å². The Morgan fingerprint density at radius 2 is 2.33 bits per heavy atom. The van der Waals surface area contributed by atoms with Crippen molar-refractivity contribution in [2.24, 2.45) is 0 Å². The average molecular weight is 242 g/mol. The van der Waals surface area contributed by atoms with Crippen molar-refractivity contribution in [3.63, 3.8) is 0 Å². The van der Waals surface area contributed by atoms with Crippen molar-refractivity contribution in [2.45, 2.75) is 26.0 Å². The van der Waals surface area contributed by atoms with Crippen LogP contribution in [0.25, 0.3) is 0 Å². The lowest BCUT2D eigenvalue weighted by molar-refractivity contribution is 0.0824. The largest absolute Gasteiger partial charge is 0.482 e. The van der Waals surface area contributed by atoms with Gasteiger partial charge in [0.25, 0.3) is 0 Å². The van der Waals surface area contributed by atoms with E-state index in [-0.39, 0.29) is 5.78 Å². The molecule has 0 amide bonds. The first-order valence-corrected chi connectivity index (χ1v) is 6.09. The predicted molar refractivity (Wildman–Crippen MR) is 66.8 cm³/mol. The van der Waals surface area contributed by atoms with Gasteiger partial charge in [0.05, 0.1) is 11.8 Å². The molecule has 2 heterocycles. The van der Waals surface area contributed by atoms with Gasteiger partial charge in [-0.05, 0) is 18.6 Å². The van der Waals surface area contributed by atoms with E-state index < -0.39 is 6.10 Å². The molecule has 0 fully saturated rings. The lowest BCUT2D eigenvalue weighted by atomic mass is 10.0. The van der Waals surface area contributed by atoms with Crippen LogP contribution >= 0.6 is 0 Å². The van der Waals surface area contributed by atoms with Gasteiger partial charge in [-0.25, -0.2) is 0 Å². The lowest BCUT2D eigenvalue weighted by Crippen LogP contribution is -2.25. The maximum atomic E-state index is 12.3. The van der Waals surface area contributed by atoms with Gasteiger partial charge in [0.2, 0.25) is 5.78 Å². The number of fused-ring (bicyclic) bond motifs is 1. The number of para-hydroxylation sites is 1. The highest BCUT2D eigenvalue weighted by atomic mass is 16.5. The normalized spacial score (nSPS) is 17.3. The van der Waals surface area contributed by atoms with E-state index in [0.717, 1.165) is 17.9 Å². The van der Waals surface area contributed by atoms with Crippen LogP contribution in [0.2, 0.25) is 0 Å². The van der Waals surface area contributed by atoms with Gasteiger partial charge in [0.15, 0.2) is 6.10 Å². The molecule has 0 bridgehead atoms. The summed E-state index contributed by atoms with van der Waals surface area (Å²) in [6.45, 7) is 2.75. The smallest absolute Gasteiger partial charge is 0.206 e. The second-order valence-corrected chi connectivity index (χ2v) is 4.37. The van der Waals surface area contributed by atoms with Crippen LogP contribution in [0.5, 0.6) is 5.75 Å². The Morgan fingerprint density at radius 3 is 3.06 bits per heavy atom. The van der Waals surface area contributed by atoms with Gasteiger partial charge in [0, 0.05) is 19.2 Å². The van der Waals surface area contributed by atoms with Crippen LogP contribution in [0.3, 0.4) is 0 Å². The molecule has 3 rings (SSSR count). The maximum Gasteiger partial charge on any atom is 0.206 e. The molecule has 4 heteroatoms. The van der Waals surface area contributed by atoms with Gasteiger partial charge < -0.3 is 4.74 Å². The summed E-state index contributed by atoms with van der Waals surface area (Å²) in [6, 6.07) is 7.78. The zero-order valence-corrected chi connectivity index (χ0v) is 10.2. The summed E-state index contributed by atoms with van der Waals surface area (Å²) in [6.07, 6.45) is 3.62. The van der Waals surface area contributed by atoms with Crippen LogP contribution in [0.1, 0.15) is 22.8 Å². The van der Waals surface area contributed by atoms with E-state index in [2.05, 4.69) is 5.10 Å². The number of hydrogen-bond acceptors (Lipinski definition) is 3. The molecule has 92 valence electrons. The molecule has 0 saturated carbocycles. The van der Waals surface area contributed by atoms with Crippen LogP contribution in [-0.4, -0.2) is 21.7 Å². The SMILES string of the molecule is CCn1cc(C(=O)C2Cc3ccccc3O2)cn1. The van der Waals surface area contributed by atoms with E-state index in [1.54, 1.807) is 17.1 Å². The highest BCUT2D eigenvalue weighted by Gasteiger charge is 2.30. The fraction of sp³-hybridized carbons (Fsp3) is 0.286. The molecule has 1 aromatic heterocycles. The summed E-state index contributed by atoms with van der Waals surface area (Å²) in [5.41, 5.74) is 1.72. The van der Waals surface area contributed by atoms with Gasteiger partial charge in [0.1, 0.15) is 5.75 Å². The number of aryl methyl sites for hydroxylation is 1. The van der Waals surface area contributed by atoms with E-state index >= 15 is 0 Å². The van der Waals surface area contributed by atoms with Crippen molar-refractivity contribution < 1.29 is 9.53 Å². The molecule has 4 nitrogen and oxygen atoms in total. The topological polar surface area (TPSA) is 44.1 Å². The number of hydrogen-bond donors (Lipinski definition) is 0. The van der Waals surface area contributed by atoms with Crippen molar-refractivity contribution in [3.8, 4) is 5.75 Å². The summed E-state index contributed by atoms with van der Waals surface area (Å²) in [7, 11) is 0. The first-order valence-electron chi connectivity index (χ1n) is 6.09. The molecule has 1 aliphatic rings. The number of carbonyl (C=O) groups is 1. The summed E-state index contributed by atoms with van der Waals surface area (Å²) < 4.78 is 7.42. The molecule has 1 aromatic carbocycles. The van der Waals surface area contributed by atoms with Crippen LogP contribution < -0.4 is 4.74 Å². The minimum atomic E-state index is -0.406. The van der Waals surface area contributed by atoms with Crippen molar-refractivity contribution in [3.05, 3.63) is 47.8 Å². The molecule has 0 saturated heterocycles. The summed E-state index contributed by atoms with van der Waals surface area (Å²) in [4.78, 5) is 12.3. The number of ketones is 1. The lowest BCUT2D eigenvalue weighted by Gasteiger charge is -2.07. The van der Waals surface area contributed by atoms with Gasteiger partial charge in [-0.15, -0.1) is 0 Å². The third kappa shape index (κ3) is 1.79. The van der Waals surface area contributed by atoms with E-state index in [9.17, 15) is 4.79 Å². The summed E-state index contributed by atoms with van der Waals surface area (Å²) >= 11 is 0. The number of carbonyl (C=O) groups excluding carboxylic acids is 1. The number of rotatable bonds is 3. The fourth-order valence-corrected chi connectivity index (χ4v) is 2.18. The average Bonchev–Trinajstić information content (AvgIpc) is 3.04. The van der Waals surface area contributed by atoms with Crippen LogP contribution in [0.4, 0.5) is 0 Å². The Balaban J connectivity index is 1.80. The fourth-order valence-electron chi connectivity index (χ4n) is 2.18. The van der Waals surface area contributed by atoms with Gasteiger partial charge in [-0.2, -0.15) is 5.10 Å². The standard InChI is InChI=1S/C14H14N2O2/c1-2-16-9-11(8-15-16)14(17)13-7-10-5-3-4-6-12(10)18-13/h3-6,8-9,13H,2,7H2,1H3.